The van der Waals surface area contributed by atoms with E-state index in [0.717, 1.165) is 0 Å². The molecule has 8 heteroatoms. The fourth-order valence-electron chi connectivity index (χ4n) is 2.51. The van der Waals surface area contributed by atoms with Crippen LogP contribution in [0.3, 0.4) is 0 Å². The molecule has 1 aliphatic rings. The number of carbonyl (C=O) groups is 1. The van der Waals surface area contributed by atoms with E-state index in [1.54, 1.807) is 6.08 Å². The molecule has 1 aromatic carbocycles. The van der Waals surface area contributed by atoms with Crippen LogP contribution < -0.4 is 9.47 Å². The predicted molar refractivity (Wildman–Crippen MR) is 97.5 cm³/mol. The lowest BCUT2D eigenvalue weighted by atomic mass is 10.2. The van der Waals surface area contributed by atoms with Crippen LogP contribution in [0.25, 0.3) is 0 Å². The van der Waals surface area contributed by atoms with Crippen LogP contribution in [0.2, 0.25) is 0 Å². The normalized spacial score (nSPS) is 15.7. The summed E-state index contributed by atoms with van der Waals surface area (Å²) in [5.41, 5.74) is 0. The van der Waals surface area contributed by atoms with Crippen LogP contribution >= 0.6 is 11.8 Å². The zero-order valence-electron chi connectivity index (χ0n) is 14.8. The quantitative estimate of drug-likeness (QED) is 0.418. The Bertz CT molecular complexity index is 790. The monoisotopic (exact) mass is 375 g/mol. The van der Waals surface area contributed by atoms with Gasteiger partial charge in [0, 0.05) is 6.54 Å². The minimum Gasteiger partial charge on any atom is -0.485 e. The molecular weight excluding hydrogens is 354 g/mol. The summed E-state index contributed by atoms with van der Waals surface area (Å²) < 4.78 is 18.8. The van der Waals surface area contributed by atoms with Gasteiger partial charge in [-0.3, -0.25) is 9.36 Å². The summed E-state index contributed by atoms with van der Waals surface area (Å²) in [5.74, 6) is 1.90. The van der Waals surface area contributed by atoms with Crippen molar-refractivity contribution in [3.05, 3.63) is 42.7 Å². The fraction of sp³-hybridized carbons (Fsp3) is 0.389. The summed E-state index contributed by atoms with van der Waals surface area (Å²) in [7, 11) is 0. The summed E-state index contributed by atoms with van der Waals surface area (Å²) in [6, 6.07) is 7.50. The number of aromatic nitrogens is 3. The van der Waals surface area contributed by atoms with Crippen molar-refractivity contribution in [2.75, 3.05) is 12.4 Å². The molecule has 1 aromatic heterocycles. The van der Waals surface area contributed by atoms with E-state index in [1.807, 2.05) is 42.7 Å². The van der Waals surface area contributed by atoms with Gasteiger partial charge in [-0.2, -0.15) is 0 Å². The number of benzene rings is 1. The molecule has 0 saturated heterocycles. The third-order valence-electron chi connectivity index (χ3n) is 3.54. The number of ether oxygens (including phenoxy) is 3. The Hall–Kier alpha value is -2.48. The van der Waals surface area contributed by atoms with Crippen LogP contribution in [0.1, 0.15) is 25.8 Å². The smallest absolute Gasteiger partial charge is 0.316 e. The van der Waals surface area contributed by atoms with Gasteiger partial charge in [0.25, 0.3) is 0 Å². The zero-order chi connectivity index (χ0) is 18.5. The average Bonchev–Trinajstić information content (AvgIpc) is 3.02. The second-order valence-electron chi connectivity index (χ2n) is 5.93. The Kier molecular flexibility index (Phi) is 5.82. The lowest BCUT2D eigenvalue weighted by Crippen LogP contribution is -2.25. The van der Waals surface area contributed by atoms with Crippen molar-refractivity contribution in [2.45, 2.75) is 37.8 Å². The molecule has 0 aliphatic carbocycles. The van der Waals surface area contributed by atoms with Crippen molar-refractivity contribution in [2.24, 2.45) is 0 Å². The lowest BCUT2D eigenvalue weighted by molar-refractivity contribution is -0.144. The second kappa shape index (κ2) is 8.27. The van der Waals surface area contributed by atoms with Crippen molar-refractivity contribution in [1.82, 2.24) is 14.8 Å². The van der Waals surface area contributed by atoms with Crippen LogP contribution in [0.15, 0.2) is 42.1 Å². The third-order valence-corrected chi connectivity index (χ3v) is 4.48. The van der Waals surface area contributed by atoms with Crippen LogP contribution in [0.4, 0.5) is 0 Å². The number of hydrogen-bond donors (Lipinski definition) is 0. The largest absolute Gasteiger partial charge is 0.485 e. The van der Waals surface area contributed by atoms with Gasteiger partial charge in [0.2, 0.25) is 0 Å². The van der Waals surface area contributed by atoms with Gasteiger partial charge in [0.15, 0.2) is 28.6 Å². The molecule has 0 amide bonds. The topological polar surface area (TPSA) is 75.5 Å². The van der Waals surface area contributed by atoms with Crippen molar-refractivity contribution < 1.29 is 19.0 Å². The molecule has 2 heterocycles. The SMILES string of the molecule is C=CCn1c(SCC(=O)OC(C)C)nnc1[C@H]1COc2ccccc2O1. The Balaban J connectivity index is 1.75. The first-order valence-electron chi connectivity index (χ1n) is 8.33. The predicted octanol–water partition coefficient (Wildman–Crippen LogP) is 3.02. The van der Waals surface area contributed by atoms with E-state index < -0.39 is 0 Å². The zero-order valence-corrected chi connectivity index (χ0v) is 15.6. The van der Waals surface area contributed by atoms with Gasteiger partial charge in [-0.05, 0) is 26.0 Å². The summed E-state index contributed by atoms with van der Waals surface area (Å²) in [4.78, 5) is 11.8. The van der Waals surface area contributed by atoms with E-state index in [2.05, 4.69) is 16.8 Å². The number of allylic oxidation sites excluding steroid dienone is 1. The van der Waals surface area contributed by atoms with E-state index in [0.29, 0.717) is 35.6 Å². The molecule has 2 aromatic rings. The van der Waals surface area contributed by atoms with Crippen molar-refractivity contribution in [1.29, 1.82) is 0 Å². The number of hydrogen-bond acceptors (Lipinski definition) is 7. The molecule has 26 heavy (non-hydrogen) atoms. The van der Waals surface area contributed by atoms with Gasteiger partial charge in [-0.25, -0.2) is 0 Å². The van der Waals surface area contributed by atoms with Crippen LogP contribution in [-0.4, -0.2) is 39.2 Å². The average molecular weight is 375 g/mol. The Morgan fingerprint density at radius 1 is 1.42 bits per heavy atom. The number of esters is 1. The number of carbonyl (C=O) groups excluding carboxylic acids is 1. The maximum atomic E-state index is 11.8. The van der Waals surface area contributed by atoms with Gasteiger partial charge < -0.3 is 14.2 Å². The number of rotatable bonds is 7. The molecule has 3 rings (SSSR count). The molecule has 138 valence electrons. The molecule has 0 spiro atoms. The number of nitrogens with zero attached hydrogens (tertiary/aromatic N) is 3. The molecule has 0 N–H and O–H groups in total. The summed E-state index contributed by atoms with van der Waals surface area (Å²) >= 11 is 1.28. The lowest BCUT2D eigenvalue weighted by Gasteiger charge is -2.26. The maximum Gasteiger partial charge on any atom is 0.316 e. The number of fused-ring (bicyclic) bond motifs is 1. The molecular formula is C18H21N3O4S. The highest BCUT2D eigenvalue weighted by Gasteiger charge is 2.28. The van der Waals surface area contributed by atoms with Crippen LogP contribution in [0, 0.1) is 0 Å². The first kappa shape index (κ1) is 18.3. The first-order valence-corrected chi connectivity index (χ1v) is 9.31. The van der Waals surface area contributed by atoms with Gasteiger partial charge in [0.1, 0.15) is 6.61 Å². The van der Waals surface area contributed by atoms with Crippen molar-refractivity contribution in [3.8, 4) is 11.5 Å². The van der Waals surface area contributed by atoms with Gasteiger partial charge in [-0.15, -0.1) is 16.8 Å². The molecule has 0 fully saturated rings. The minimum absolute atomic E-state index is 0.141. The Labute approximate surface area is 156 Å². The van der Waals surface area contributed by atoms with Crippen molar-refractivity contribution >= 4 is 17.7 Å². The maximum absolute atomic E-state index is 11.8. The van der Waals surface area contributed by atoms with Crippen LogP contribution in [0.5, 0.6) is 11.5 Å². The van der Waals surface area contributed by atoms with Gasteiger partial charge >= 0.3 is 5.97 Å². The summed E-state index contributed by atoms with van der Waals surface area (Å²) in [6.45, 7) is 8.27. The molecule has 0 saturated carbocycles. The highest BCUT2D eigenvalue weighted by atomic mass is 32.2. The number of para-hydroxylation sites is 2. The summed E-state index contributed by atoms with van der Waals surface area (Å²) in [6.07, 6.45) is 1.23. The highest BCUT2D eigenvalue weighted by Crippen LogP contribution is 2.36. The fourth-order valence-corrected chi connectivity index (χ4v) is 3.25. The summed E-state index contributed by atoms with van der Waals surface area (Å²) in [5, 5.41) is 9.07. The van der Waals surface area contributed by atoms with Gasteiger partial charge in [-0.1, -0.05) is 30.0 Å². The molecule has 7 nitrogen and oxygen atoms in total. The standard InChI is InChI=1S/C18H21N3O4S/c1-4-9-21-17(15-10-23-13-7-5-6-8-14(13)25-15)19-20-18(21)26-11-16(22)24-12(2)3/h4-8,12,15H,1,9-11H2,2-3H3/t15-/m1/s1. The van der Waals surface area contributed by atoms with Crippen LogP contribution in [-0.2, 0) is 16.1 Å². The second-order valence-corrected chi connectivity index (χ2v) is 6.87. The molecule has 0 bridgehead atoms. The molecule has 0 unspecified atom stereocenters. The van der Waals surface area contributed by atoms with E-state index in [-0.39, 0.29) is 23.9 Å². The first-order chi connectivity index (χ1) is 12.6. The van der Waals surface area contributed by atoms with E-state index in [9.17, 15) is 4.79 Å². The molecule has 1 atom stereocenters. The Morgan fingerprint density at radius 3 is 2.92 bits per heavy atom. The minimum atomic E-state index is -0.380. The van der Waals surface area contributed by atoms with Crippen molar-refractivity contribution in [3.63, 3.8) is 0 Å². The molecule has 1 aliphatic heterocycles. The highest BCUT2D eigenvalue weighted by molar-refractivity contribution is 7.99. The number of thioether (sulfide) groups is 1. The Morgan fingerprint density at radius 2 is 2.19 bits per heavy atom. The van der Waals surface area contributed by atoms with E-state index in [1.165, 1.54) is 11.8 Å². The van der Waals surface area contributed by atoms with E-state index in [4.69, 9.17) is 14.2 Å². The third kappa shape index (κ3) is 4.19. The van der Waals surface area contributed by atoms with E-state index >= 15 is 0 Å². The van der Waals surface area contributed by atoms with Gasteiger partial charge in [0.05, 0.1) is 11.9 Å². The molecule has 0 radical (unpaired) electrons.